The fourth-order valence-corrected chi connectivity index (χ4v) is 2.83. The van der Waals surface area contributed by atoms with E-state index in [4.69, 9.17) is 4.74 Å². The minimum Gasteiger partial charge on any atom is -0.456 e. The molecule has 6 heteroatoms. The van der Waals surface area contributed by atoms with Crippen LogP contribution >= 0.6 is 11.3 Å². The number of benzene rings is 2. The molecule has 1 N–H and O–H groups in total. The molecule has 1 heterocycles. The molecule has 2 aromatic carbocycles. The number of carbonyl (C=O) groups excluding carboxylic acids is 2. The second-order valence-corrected chi connectivity index (χ2v) is 6.31. The van der Waals surface area contributed by atoms with Crippen LogP contribution in [-0.4, -0.2) is 17.2 Å². The van der Waals surface area contributed by atoms with E-state index in [0.717, 1.165) is 17.1 Å². The van der Waals surface area contributed by atoms with Gasteiger partial charge in [-0.2, -0.15) is 0 Å². The van der Waals surface area contributed by atoms with Crippen LogP contribution in [0.3, 0.4) is 0 Å². The third kappa shape index (κ3) is 4.51. The summed E-state index contributed by atoms with van der Waals surface area (Å²) in [6.45, 7) is 2.13. The third-order valence-electron chi connectivity index (χ3n) is 3.49. The maximum atomic E-state index is 12.0. The number of aryl methyl sites for hydroxylation is 1. The molecule has 126 valence electrons. The van der Waals surface area contributed by atoms with Crippen LogP contribution in [0.1, 0.15) is 32.0 Å². The highest BCUT2D eigenvalue weighted by atomic mass is 32.1. The number of anilines is 2. The molecule has 25 heavy (non-hydrogen) atoms. The molecule has 0 unspecified atom stereocenters. The van der Waals surface area contributed by atoms with E-state index >= 15 is 0 Å². The Morgan fingerprint density at radius 3 is 2.56 bits per heavy atom. The van der Waals surface area contributed by atoms with Gasteiger partial charge in [0.25, 0.3) is 0 Å². The molecule has 0 radical (unpaired) electrons. The Hall–Kier alpha value is -2.99. The second-order valence-electron chi connectivity index (χ2n) is 5.45. The van der Waals surface area contributed by atoms with Crippen LogP contribution in [0.15, 0.2) is 53.9 Å². The zero-order valence-electron chi connectivity index (χ0n) is 13.6. The SMILES string of the molecule is Cc1ccc(Nc2nc(COC(=O)c3ccc(C=O)cc3)cs2)cc1. The van der Waals surface area contributed by atoms with Crippen LogP contribution in [0, 0.1) is 6.92 Å². The lowest BCUT2D eigenvalue weighted by atomic mass is 10.1. The lowest BCUT2D eigenvalue weighted by Gasteiger charge is -2.04. The Morgan fingerprint density at radius 2 is 1.88 bits per heavy atom. The number of ether oxygens (including phenoxy) is 1. The fraction of sp³-hybridized carbons (Fsp3) is 0.105. The summed E-state index contributed by atoms with van der Waals surface area (Å²) in [6.07, 6.45) is 0.729. The summed E-state index contributed by atoms with van der Waals surface area (Å²) in [6, 6.07) is 14.3. The van der Waals surface area contributed by atoms with E-state index in [1.54, 1.807) is 24.3 Å². The molecule has 0 atom stereocenters. The highest BCUT2D eigenvalue weighted by Gasteiger charge is 2.09. The average Bonchev–Trinajstić information content (AvgIpc) is 3.09. The molecule has 5 nitrogen and oxygen atoms in total. The summed E-state index contributed by atoms with van der Waals surface area (Å²) in [7, 11) is 0. The Balaban J connectivity index is 1.56. The first-order valence-electron chi connectivity index (χ1n) is 7.64. The summed E-state index contributed by atoms with van der Waals surface area (Å²) < 4.78 is 5.26. The van der Waals surface area contributed by atoms with Crippen molar-refractivity contribution in [1.29, 1.82) is 0 Å². The molecule has 0 saturated carbocycles. The van der Waals surface area contributed by atoms with Crippen molar-refractivity contribution < 1.29 is 14.3 Å². The van der Waals surface area contributed by atoms with Gasteiger partial charge in [0.2, 0.25) is 0 Å². The second kappa shape index (κ2) is 7.72. The standard InChI is InChI=1S/C19H16N2O3S/c1-13-2-8-16(9-3-13)20-19-21-17(12-25-19)11-24-18(23)15-6-4-14(10-22)5-7-15/h2-10,12H,11H2,1H3,(H,20,21). The first kappa shape index (κ1) is 16.9. The fourth-order valence-electron chi connectivity index (χ4n) is 2.11. The molecule has 0 bridgehead atoms. The number of thiazole rings is 1. The van der Waals surface area contributed by atoms with Gasteiger partial charge < -0.3 is 10.1 Å². The zero-order valence-corrected chi connectivity index (χ0v) is 14.4. The number of nitrogens with one attached hydrogen (secondary N) is 1. The van der Waals surface area contributed by atoms with Crippen LogP contribution in [0.4, 0.5) is 10.8 Å². The normalized spacial score (nSPS) is 10.3. The highest BCUT2D eigenvalue weighted by molar-refractivity contribution is 7.13. The van der Waals surface area contributed by atoms with Crippen LogP contribution in [0.2, 0.25) is 0 Å². The van der Waals surface area contributed by atoms with E-state index in [0.29, 0.717) is 16.8 Å². The van der Waals surface area contributed by atoms with Crippen molar-refractivity contribution in [2.45, 2.75) is 13.5 Å². The molecule has 0 aliphatic heterocycles. The number of esters is 1. The molecule has 1 aromatic heterocycles. The summed E-state index contributed by atoms with van der Waals surface area (Å²) in [4.78, 5) is 27.0. The van der Waals surface area contributed by atoms with E-state index in [1.165, 1.54) is 16.9 Å². The molecule has 0 spiro atoms. The first-order valence-corrected chi connectivity index (χ1v) is 8.52. The molecular weight excluding hydrogens is 336 g/mol. The average molecular weight is 352 g/mol. The molecule has 3 aromatic rings. The number of rotatable bonds is 6. The summed E-state index contributed by atoms with van der Waals surface area (Å²) in [5.41, 5.74) is 3.75. The van der Waals surface area contributed by atoms with Crippen molar-refractivity contribution in [1.82, 2.24) is 4.98 Å². The van der Waals surface area contributed by atoms with Gasteiger partial charge in [-0.1, -0.05) is 29.8 Å². The van der Waals surface area contributed by atoms with Crippen molar-refractivity contribution in [3.05, 3.63) is 76.3 Å². The van der Waals surface area contributed by atoms with Gasteiger partial charge in [0.15, 0.2) is 5.13 Å². The Kier molecular flexibility index (Phi) is 5.20. The quantitative estimate of drug-likeness (QED) is 0.527. The largest absolute Gasteiger partial charge is 0.456 e. The number of aldehydes is 1. The van der Waals surface area contributed by atoms with E-state index in [9.17, 15) is 9.59 Å². The number of carbonyl (C=O) groups is 2. The summed E-state index contributed by atoms with van der Waals surface area (Å²) >= 11 is 1.45. The number of hydrogen-bond acceptors (Lipinski definition) is 6. The van der Waals surface area contributed by atoms with Gasteiger partial charge in [-0.05, 0) is 31.2 Å². The van der Waals surface area contributed by atoms with Gasteiger partial charge >= 0.3 is 5.97 Å². The van der Waals surface area contributed by atoms with Crippen molar-refractivity contribution in [2.24, 2.45) is 0 Å². The molecule has 3 rings (SSSR count). The smallest absolute Gasteiger partial charge is 0.338 e. The minimum atomic E-state index is -0.446. The lowest BCUT2D eigenvalue weighted by molar-refractivity contribution is 0.0468. The van der Waals surface area contributed by atoms with Gasteiger partial charge in [-0.3, -0.25) is 4.79 Å². The van der Waals surface area contributed by atoms with Crippen molar-refractivity contribution >= 4 is 34.4 Å². The van der Waals surface area contributed by atoms with Gasteiger partial charge in [-0.15, -0.1) is 11.3 Å². The van der Waals surface area contributed by atoms with E-state index in [2.05, 4.69) is 10.3 Å². The van der Waals surface area contributed by atoms with Crippen LogP contribution < -0.4 is 5.32 Å². The monoisotopic (exact) mass is 352 g/mol. The van der Waals surface area contributed by atoms with Crippen molar-refractivity contribution in [2.75, 3.05) is 5.32 Å². The number of nitrogens with zero attached hydrogens (tertiary/aromatic N) is 1. The Bertz CT molecular complexity index is 870. The van der Waals surface area contributed by atoms with Crippen LogP contribution in [0.25, 0.3) is 0 Å². The Morgan fingerprint density at radius 1 is 1.16 bits per heavy atom. The lowest BCUT2D eigenvalue weighted by Crippen LogP contribution is -2.05. The molecule has 0 saturated heterocycles. The third-order valence-corrected chi connectivity index (χ3v) is 4.29. The predicted molar refractivity (Wildman–Crippen MR) is 97.5 cm³/mol. The molecule has 0 amide bonds. The van der Waals surface area contributed by atoms with Gasteiger partial charge in [0, 0.05) is 16.6 Å². The summed E-state index contributed by atoms with van der Waals surface area (Å²) in [5, 5.41) is 5.80. The molecule has 0 fully saturated rings. The van der Waals surface area contributed by atoms with Crippen molar-refractivity contribution in [3.8, 4) is 0 Å². The topological polar surface area (TPSA) is 68.3 Å². The molecular formula is C19H16N2O3S. The molecule has 0 aliphatic rings. The van der Waals surface area contributed by atoms with E-state index < -0.39 is 5.97 Å². The first-order chi connectivity index (χ1) is 12.1. The zero-order chi connectivity index (χ0) is 17.6. The van der Waals surface area contributed by atoms with E-state index in [-0.39, 0.29) is 6.61 Å². The maximum absolute atomic E-state index is 12.0. The molecule has 0 aliphatic carbocycles. The predicted octanol–water partition coefficient (Wildman–Crippen LogP) is 4.36. The number of hydrogen-bond donors (Lipinski definition) is 1. The van der Waals surface area contributed by atoms with Gasteiger partial charge in [-0.25, -0.2) is 9.78 Å². The Labute approximate surface area is 149 Å². The van der Waals surface area contributed by atoms with Crippen LogP contribution in [0.5, 0.6) is 0 Å². The number of aromatic nitrogens is 1. The van der Waals surface area contributed by atoms with Gasteiger partial charge in [0.1, 0.15) is 12.9 Å². The minimum absolute atomic E-state index is 0.0976. The van der Waals surface area contributed by atoms with Gasteiger partial charge in [0.05, 0.1) is 11.3 Å². The maximum Gasteiger partial charge on any atom is 0.338 e. The van der Waals surface area contributed by atoms with E-state index in [1.807, 2.05) is 36.6 Å². The highest BCUT2D eigenvalue weighted by Crippen LogP contribution is 2.21. The summed E-state index contributed by atoms with van der Waals surface area (Å²) in [5.74, 6) is -0.446. The van der Waals surface area contributed by atoms with Crippen LogP contribution in [-0.2, 0) is 11.3 Å². The van der Waals surface area contributed by atoms with Crippen molar-refractivity contribution in [3.63, 3.8) is 0 Å².